The number of para-hydroxylation sites is 1. The van der Waals surface area contributed by atoms with Crippen molar-refractivity contribution >= 4 is 45.9 Å². The molecule has 0 atom stereocenters. The van der Waals surface area contributed by atoms with Gasteiger partial charge in [-0.1, -0.05) is 41.6 Å². The second-order valence-electron chi connectivity index (χ2n) is 6.50. The average molecular weight is 458 g/mol. The number of nitrogens with zero attached hydrogens (tertiary/aromatic N) is 2. The molecular formula is C22H14ClF2N3O2S. The zero-order valence-corrected chi connectivity index (χ0v) is 17.4. The van der Waals surface area contributed by atoms with Gasteiger partial charge in [-0.3, -0.25) is 14.2 Å². The van der Waals surface area contributed by atoms with Crippen molar-refractivity contribution in [1.29, 1.82) is 0 Å². The molecule has 5 nitrogen and oxygen atoms in total. The Kier molecular flexibility index (Phi) is 6.01. The Hall–Kier alpha value is -3.23. The molecule has 0 saturated carbocycles. The Morgan fingerprint density at radius 2 is 1.84 bits per heavy atom. The smallest absolute Gasteiger partial charge is 0.266 e. The molecular weight excluding hydrogens is 444 g/mol. The van der Waals surface area contributed by atoms with E-state index in [0.717, 1.165) is 23.9 Å². The van der Waals surface area contributed by atoms with Gasteiger partial charge in [-0.15, -0.1) is 0 Å². The number of halogens is 3. The molecule has 9 heteroatoms. The molecule has 1 heterocycles. The standard InChI is InChI=1S/C22H14ClF2N3O2S/c23-13-4-3-5-15(10-13)28-21(30)16-6-1-2-7-19(16)27-22(28)31-12-20(29)26-14-8-9-17(24)18(25)11-14/h1-11H,12H2,(H,26,29). The molecule has 0 aliphatic rings. The fourth-order valence-corrected chi connectivity index (χ4v) is 3.95. The molecule has 0 bridgehead atoms. The van der Waals surface area contributed by atoms with Crippen LogP contribution in [0.15, 0.2) is 76.7 Å². The number of amides is 1. The van der Waals surface area contributed by atoms with Crippen LogP contribution in [0.2, 0.25) is 5.02 Å². The fourth-order valence-electron chi connectivity index (χ4n) is 2.95. The third-order valence-electron chi connectivity index (χ3n) is 4.35. The molecule has 1 aromatic heterocycles. The average Bonchev–Trinajstić information content (AvgIpc) is 2.75. The first kappa shape index (κ1) is 21.0. The lowest BCUT2D eigenvalue weighted by atomic mass is 10.2. The zero-order valence-electron chi connectivity index (χ0n) is 15.8. The monoisotopic (exact) mass is 457 g/mol. The van der Waals surface area contributed by atoms with Crippen LogP contribution in [0.25, 0.3) is 16.6 Å². The Morgan fingerprint density at radius 1 is 1.03 bits per heavy atom. The van der Waals surface area contributed by atoms with Crippen molar-refractivity contribution in [2.24, 2.45) is 0 Å². The highest BCUT2D eigenvalue weighted by Crippen LogP contribution is 2.23. The minimum Gasteiger partial charge on any atom is -0.325 e. The number of thioether (sulfide) groups is 1. The summed E-state index contributed by atoms with van der Waals surface area (Å²) in [7, 11) is 0. The van der Waals surface area contributed by atoms with Crippen LogP contribution in [-0.2, 0) is 4.79 Å². The Labute approximate surface area is 184 Å². The van der Waals surface area contributed by atoms with Crippen LogP contribution in [0.1, 0.15) is 0 Å². The van der Waals surface area contributed by atoms with Crippen LogP contribution in [0.4, 0.5) is 14.5 Å². The summed E-state index contributed by atoms with van der Waals surface area (Å²) in [5.74, 6) is -2.63. The number of hydrogen-bond donors (Lipinski definition) is 1. The van der Waals surface area contributed by atoms with Crippen molar-refractivity contribution in [3.63, 3.8) is 0 Å². The molecule has 0 spiro atoms. The van der Waals surface area contributed by atoms with Crippen LogP contribution in [0.5, 0.6) is 0 Å². The SMILES string of the molecule is O=C(CSc1nc2ccccc2c(=O)n1-c1cccc(Cl)c1)Nc1ccc(F)c(F)c1. The Bertz CT molecular complexity index is 1360. The molecule has 4 aromatic rings. The number of nitrogens with one attached hydrogen (secondary N) is 1. The van der Waals surface area contributed by atoms with Gasteiger partial charge in [-0.05, 0) is 42.5 Å². The van der Waals surface area contributed by atoms with E-state index in [9.17, 15) is 18.4 Å². The third kappa shape index (κ3) is 4.60. The van der Waals surface area contributed by atoms with E-state index in [1.807, 2.05) is 0 Å². The number of hydrogen-bond acceptors (Lipinski definition) is 4. The maximum atomic E-state index is 13.4. The maximum absolute atomic E-state index is 13.4. The van der Waals surface area contributed by atoms with Gasteiger partial charge in [0.2, 0.25) is 5.91 Å². The van der Waals surface area contributed by atoms with Crippen LogP contribution >= 0.6 is 23.4 Å². The molecule has 156 valence electrons. The molecule has 0 aliphatic heterocycles. The largest absolute Gasteiger partial charge is 0.325 e. The van der Waals surface area contributed by atoms with E-state index in [-0.39, 0.29) is 17.0 Å². The summed E-state index contributed by atoms with van der Waals surface area (Å²) in [6, 6.07) is 16.7. The second kappa shape index (κ2) is 8.87. The van der Waals surface area contributed by atoms with E-state index < -0.39 is 17.5 Å². The van der Waals surface area contributed by atoms with E-state index >= 15 is 0 Å². The van der Waals surface area contributed by atoms with Crippen molar-refractivity contribution in [3.8, 4) is 5.69 Å². The highest BCUT2D eigenvalue weighted by atomic mass is 35.5. The van der Waals surface area contributed by atoms with E-state index in [1.54, 1.807) is 48.5 Å². The summed E-state index contributed by atoms with van der Waals surface area (Å²) in [5, 5.41) is 3.67. The summed E-state index contributed by atoms with van der Waals surface area (Å²) in [4.78, 5) is 30.0. The number of aromatic nitrogens is 2. The van der Waals surface area contributed by atoms with E-state index in [4.69, 9.17) is 11.6 Å². The van der Waals surface area contributed by atoms with Crippen molar-refractivity contribution in [2.75, 3.05) is 11.1 Å². The van der Waals surface area contributed by atoms with Gasteiger partial charge in [-0.25, -0.2) is 13.8 Å². The molecule has 1 amide bonds. The van der Waals surface area contributed by atoms with Crippen molar-refractivity contribution in [3.05, 3.63) is 93.7 Å². The summed E-state index contributed by atoms with van der Waals surface area (Å²) in [6.07, 6.45) is 0. The summed E-state index contributed by atoms with van der Waals surface area (Å²) in [5.41, 5.74) is 0.841. The predicted molar refractivity (Wildman–Crippen MR) is 118 cm³/mol. The molecule has 0 fully saturated rings. The van der Waals surface area contributed by atoms with Gasteiger partial charge in [0.15, 0.2) is 16.8 Å². The van der Waals surface area contributed by atoms with Gasteiger partial charge in [0.05, 0.1) is 22.3 Å². The minimum absolute atomic E-state index is 0.107. The van der Waals surface area contributed by atoms with Crippen molar-refractivity contribution in [1.82, 2.24) is 9.55 Å². The van der Waals surface area contributed by atoms with Gasteiger partial charge in [0, 0.05) is 16.8 Å². The van der Waals surface area contributed by atoms with Crippen LogP contribution in [-0.4, -0.2) is 21.2 Å². The number of carbonyl (C=O) groups is 1. The molecule has 4 rings (SSSR count). The highest BCUT2D eigenvalue weighted by Gasteiger charge is 2.15. The van der Waals surface area contributed by atoms with Crippen LogP contribution < -0.4 is 10.9 Å². The van der Waals surface area contributed by atoms with Gasteiger partial charge >= 0.3 is 0 Å². The number of carbonyl (C=O) groups excluding carboxylic acids is 1. The minimum atomic E-state index is -1.06. The number of fused-ring (bicyclic) bond motifs is 1. The van der Waals surface area contributed by atoms with Gasteiger partial charge in [0.1, 0.15) is 0 Å². The normalized spacial score (nSPS) is 10.9. The summed E-state index contributed by atoms with van der Waals surface area (Å²) < 4.78 is 27.8. The number of rotatable bonds is 5. The number of benzene rings is 3. The van der Waals surface area contributed by atoms with Crippen molar-refractivity contribution in [2.45, 2.75) is 5.16 Å². The summed E-state index contributed by atoms with van der Waals surface area (Å²) >= 11 is 7.14. The predicted octanol–water partition coefficient (Wildman–Crippen LogP) is 5.05. The molecule has 31 heavy (non-hydrogen) atoms. The topological polar surface area (TPSA) is 64.0 Å². The molecule has 0 radical (unpaired) electrons. The van der Waals surface area contributed by atoms with Gasteiger partial charge < -0.3 is 5.32 Å². The quantitative estimate of drug-likeness (QED) is 0.336. The lowest BCUT2D eigenvalue weighted by Crippen LogP contribution is -2.23. The van der Waals surface area contributed by atoms with Crippen LogP contribution in [0.3, 0.4) is 0 Å². The first-order chi connectivity index (χ1) is 14.9. The zero-order chi connectivity index (χ0) is 22.0. The number of anilines is 1. The lowest BCUT2D eigenvalue weighted by molar-refractivity contribution is -0.113. The van der Waals surface area contributed by atoms with Gasteiger partial charge in [0.25, 0.3) is 5.56 Å². The molecule has 1 N–H and O–H groups in total. The van der Waals surface area contributed by atoms with E-state index in [1.165, 1.54) is 10.6 Å². The third-order valence-corrected chi connectivity index (χ3v) is 5.52. The second-order valence-corrected chi connectivity index (χ2v) is 7.88. The van der Waals surface area contributed by atoms with Crippen LogP contribution in [0, 0.1) is 11.6 Å². The molecule has 0 unspecified atom stereocenters. The highest BCUT2D eigenvalue weighted by molar-refractivity contribution is 7.99. The Balaban J connectivity index is 1.66. The first-order valence-electron chi connectivity index (χ1n) is 9.08. The first-order valence-corrected chi connectivity index (χ1v) is 10.4. The molecule has 3 aromatic carbocycles. The molecule has 0 saturated heterocycles. The Morgan fingerprint density at radius 3 is 2.61 bits per heavy atom. The van der Waals surface area contributed by atoms with E-state index in [2.05, 4.69) is 10.3 Å². The molecule has 0 aliphatic carbocycles. The van der Waals surface area contributed by atoms with E-state index in [0.29, 0.717) is 26.8 Å². The lowest BCUT2D eigenvalue weighted by Gasteiger charge is -2.13. The van der Waals surface area contributed by atoms with Crippen molar-refractivity contribution < 1.29 is 13.6 Å². The summed E-state index contributed by atoms with van der Waals surface area (Å²) in [6.45, 7) is 0. The maximum Gasteiger partial charge on any atom is 0.266 e. The van der Waals surface area contributed by atoms with Gasteiger partial charge in [-0.2, -0.15) is 0 Å². The fraction of sp³-hybridized carbons (Fsp3) is 0.0455.